The molecule has 0 aromatic heterocycles. The number of aromatic hydroxyl groups is 2. The molecule has 0 aliphatic rings. The molecule has 0 saturated heterocycles. The zero-order chi connectivity index (χ0) is 17.5. The van der Waals surface area contributed by atoms with E-state index in [4.69, 9.17) is 4.74 Å². The smallest absolute Gasteiger partial charge is 0.345 e. The number of rotatable bonds is 6. The molecule has 0 aliphatic carbocycles. The molecule has 1 atom stereocenters. The van der Waals surface area contributed by atoms with Crippen molar-refractivity contribution in [2.45, 2.75) is 12.5 Å². The largest absolute Gasteiger partial charge is 0.504 e. The average Bonchev–Trinajstić information content (AvgIpc) is 2.56. The first-order valence-electron chi connectivity index (χ1n) is 7.13. The maximum atomic E-state index is 11.8. The van der Waals surface area contributed by atoms with Gasteiger partial charge >= 0.3 is 11.9 Å². The summed E-state index contributed by atoms with van der Waals surface area (Å²) in [6, 6.07) is 12.9. The number of esters is 1. The van der Waals surface area contributed by atoms with E-state index >= 15 is 0 Å². The molecular formula is C18H16O6. The third-order valence-corrected chi connectivity index (χ3v) is 3.21. The average molecular weight is 328 g/mol. The first kappa shape index (κ1) is 17.1. The fraction of sp³-hybridized carbons (Fsp3) is 0.111. The van der Waals surface area contributed by atoms with Crippen molar-refractivity contribution in [2.24, 2.45) is 0 Å². The lowest BCUT2D eigenvalue weighted by Crippen LogP contribution is -2.28. The van der Waals surface area contributed by atoms with Gasteiger partial charge in [0.25, 0.3) is 0 Å². The van der Waals surface area contributed by atoms with Crippen LogP contribution in [0.1, 0.15) is 11.1 Å². The van der Waals surface area contributed by atoms with Gasteiger partial charge in [-0.05, 0) is 29.3 Å². The summed E-state index contributed by atoms with van der Waals surface area (Å²) in [5.74, 6) is -2.77. The highest BCUT2D eigenvalue weighted by Gasteiger charge is 2.22. The second-order valence-corrected chi connectivity index (χ2v) is 5.03. The van der Waals surface area contributed by atoms with Crippen molar-refractivity contribution in [1.29, 1.82) is 0 Å². The van der Waals surface area contributed by atoms with E-state index in [-0.39, 0.29) is 17.9 Å². The Morgan fingerprint density at radius 3 is 2.38 bits per heavy atom. The minimum atomic E-state index is -1.40. The lowest BCUT2D eigenvalue weighted by Gasteiger charge is -2.13. The van der Waals surface area contributed by atoms with E-state index in [0.717, 1.165) is 11.6 Å². The van der Waals surface area contributed by atoms with Crippen LogP contribution in [0, 0.1) is 0 Å². The van der Waals surface area contributed by atoms with Crippen molar-refractivity contribution in [3.8, 4) is 11.5 Å². The van der Waals surface area contributed by atoms with Crippen molar-refractivity contribution < 1.29 is 29.6 Å². The van der Waals surface area contributed by atoms with Gasteiger partial charge in [0.05, 0.1) is 0 Å². The summed E-state index contributed by atoms with van der Waals surface area (Å²) in [5.41, 5.74) is 1.20. The maximum Gasteiger partial charge on any atom is 0.345 e. The molecule has 0 heterocycles. The molecule has 3 N–H and O–H groups in total. The standard InChI is InChI=1S/C18H16O6/c19-14-8-6-13(10-15(14)20)11-16(18(22)23)24-17(21)9-7-12-4-2-1-3-5-12/h1-10,16,19-20H,11H2,(H,22,23)/b9-7+. The number of carboxylic acid groups (broad SMARTS) is 1. The molecular weight excluding hydrogens is 312 g/mol. The Morgan fingerprint density at radius 1 is 1.04 bits per heavy atom. The zero-order valence-electron chi connectivity index (χ0n) is 12.6. The second-order valence-electron chi connectivity index (χ2n) is 5.03. The van der Waals surface area contributed by atoms with E-state index < -0.39 is 18.0 Å². The number of hydrogen-bond donors (Lipinski definition) is 3. The normalized spacial score (nSPS) is 12.0. The zero-order valence-corrected chi connectivity index (χ0v) is 12.6. The molecule has 1 unspecified atom stereocenters. The quantitative estimate of drug-likeness (QED) is 0.427. The number of benzene rings is 2. The van der Waals surface area contributed by atoms with Crippen LogP contribution in [0.25, 0.3) is 6.08 Å². The number of phenolic OH excluding ortho intramolecular Hbond substituents is 2. The number of carbonyl (C=O) groups is 2. The summed E-state index contributed by atoms with van der Waals surface area (Å²) in [5, 5.41) is 27.9. The third kappa shape index (κ3) is 4.88. The highest BCUT2D eigenvalue weighted by Crippen LogP contribution is 2.25. The number of hydrogen-bond acceptors (Lipinski definition) is 5. The summed E-state index contributed by atoms with van der Waals surface area (Å²) in [4.78, 5) is 23.0. The molecule has 0 saturated carbocycles. The highest BCUT2D eigenvalue weighted by molar-refractivity contribution is 5.89. The van der Waals surface area contributed by atoms with Crippen LogP contribution in [0.2, 0.25) is 0 Å². The molecule has 0 aliphatic heterocycles. The van der Waals surface area contributed by atoms with E-state index in [1.165, 1.54) is 24.3 Å². The molecule has 0 bridgehead atoms. The SMILES string of the molecule is O=C(/C=C/c1ccccc1)OC(Cc1ccc(O)c(O)c1)C(=O)O. The minimum Gasteiger partial charge on any atom is -0.504 e. The Labute approximate surface area is 138 Å². The van der Waals surface area contributed by atoms with Crippen molar-refractivity contribution in [3.05, 3.63) is 65.7 Å². The Morgan fingerprint density at radius 2 is 1.75 bits per heavy atom. The van der Waals surface area contributed by atoms with Gasteiger partial charge in [-0.25, -0.2) is 9.59 Å². The first-order valence-corrected chi connectivity index (χ1v) is 7.13. The van der Waals surface area contributed by atoms with Gasteiger partial charge in [-0.2, -0.15) is 0 Å². The number of ether oxygens (including phenoxy) is 1. The van der Waals surface area contributed by atoms with Crippen molar-refractivity contribution in [2.75, 3.05) is 0 Å². The third-order valence-electron chi connectivity index (χ3n) is 3.21. The van der Waals surface area contributed by atoms with Gasteiger partial charge < -0.3 is 20.1 Å². The van der Waals surface area contributed by atoms with E-state index in [2.05, 4.69) is 0 Å². The monoisotopic (exact) mass is 328 g/mol. The van der Waals surface area contributed by atoms with Gasteiger partial charge in [0.15, 0.2) is 11.5 Å². The van der Waals surface area contributed by atoms with E-state index in [1.807, 2.05) is 18.2 Å². The van der Waals surface area contributed by atoms with E-state index in [9.17, 15) is 24.9 Å². The fourth-order valence-electron chi connectivity index (χ4n) is 2.00. The molecule has 6 nitrogen and oxygen atoms in total. The van der Waals surface area contributed by atoms with Gasteiger partial charge in [0.2, 0.25) is 6.10 Å². The van der Waals surface area contributed by atoms with Crippen LogP contribution < -0.4 is 0 Å². The number of carbonyl (C=O) groups excluding carboxylic acids is 1. The summed E-state index contributed by atoms with van der Waals surface area (Å²) >= 11 is 0. The van der Waals surface area contributed by atoms with Gasteiger partial charge in [0, 0.05) is 12.5 Å². The molecule has 24 heavy (non-hydrogen) atoms. The van der Waals surface area contributed by atoms with Crippen LogP contribution in [0.3, 0.4) is 0 Å². The van der Waals surface area contributed by atoms with Crippen LogP contribution in [0.15, 0.2) is 54.6 Å². The first-order chi connectivity index (χ1) is 11.5. The second kappa shape index (κ2) is 7.82. The Hall–Kier alpha value is -3.28. The molecule has 2 aromatic carbocycles. The van der Waals surface area contributed by atoms with Crippen molar-refractivity contribution >= 4 is 18.0 Å². The van der Waals surface area contributed by atoms with Crippen molar-refractivity contribution in [1.82, 2.24) is 0 Å². The molecule has 2 aromatic rings. The summed E-state index contributed by atoms with van der Waals surface area (Å²) in [6.07, 6.45) is 1.14. The minimum absolute atomic E-state index is 0.131. The van der Waals surface area contributed by atoms with Crippen LogP contribution in [0.5, 0.6) is 11.5 Å². The van der Waals surface area contributed by atoms with Crippen LogP contribution in [0.4, 0.5) is 0 Å². The van der Waals surface area contributed by atoms with Gasteiger partial charge in [-0.15, -0.1) is 0 Å². The van der Waals surface area contributed by atoms with E-state index in [1.54, 1.807) is 12.1 Å². The molecule has 0 radical (unpaired) electrons. The number of phenols is 2. The lowest BCUT2D eigenvalue weighted by molar-refractivity contribution is -0.160. The fourth-order valence-corrected chi connectivity index (χ4v) is 2.00. The Kier molecular flexibility index (Phi) is 5.57. The number of aliphatic carboxylic acids is 1. The Bertz CT molecular complexity index is 751. The predicted octanol–water partition coefficient (Wildman–Crippen LogP) is 2.35. The lowest BCUT2D eigenvalue weighted by atomic mass is 10.1. The van der Waals surface area contributed by atoms with Crippen LogP contribution in [-0.2, 0) is 20.7 Å². The Balaban J connectivity index is 2.02. The summed E-state index contributed by atoms with van der Waals surface area (Å²) in [7, 11) is 0. The summed E-state index contributed by atoms with van der Waals surface area (Å²) in [6.45, 7) is 0. The molecule has 0 amide bonds. The van der Waals surface area contributed by atoms with E-state index in [0.29, 0.717) is 5.56 Å². The molecule has 6 heteroatoms. The predicted molar refractivity (Wildman–Crippen MR) is 86.5 cm³/mol. The molecule has 124 valence electrons. The van der Waals surface area contributed by atoms with Gasteiger partial charge in [0.1, 0.15) is 0 Å². The van der Waals surface area contributed by atoms with Crippen LogP contribution >= 0.6 is 0 Å². The highest BCUT2D eigenvalue weighted by atomic mass is 16.6. The number of carboxylic acids is 1. The summed E-state index contributed by atoms with van der Waals surface area (Å²) < 4.78 is 4.94. The molecule has 0 fully saturated rings. The molecule has 2 rings (SSSR count). The molecule has 0 spiro atoms. The maximum absolute atomic E-state index is 11.8. The van der Waals surface area contributed by atoms with Gasteiger partial charge in [-0.1, -0.05) is 36.4 Å². The van der Waals surface area contributed by atoms with Crippen molar-refractivity contribution in [3.63, 3.8) is 0 Å². The van der Waals surface area contributed by atoms with Crippen LogP contribution in [-0.4, -0.2) is 33.4 Å². The topological polar surface area (TPSA) is 104 Å². The van der Waals surface area contributed by atoms with Gasteiger partial charge in [-0.3, -0.25) is 0 Å².